The molecule has 3 N–H and O–H groups in total. The summed E-state index contributed by atoms with van der Waals surface area (Å²) in [6.45, 7) is 5.93. The van der Waals surface area contributed by atoms with E-state index in [0.29, 0.717) is 6.54 Å². The van der Waals surface area contributed by atoms with Crippen LogP contribution in [0.2, 0.25) is 0 Å². The molecular formula is C11H22N2. The second kappa shape index (κ2) is 6.94. The van der Waals surface area contributed by atoms with Gasteiger partial charge in [0.2, 0.25) is 0 Å². The quantitative estimate of drug-likeness (QED) is 0.462. The van der Waals surface area contributed by atoms with E-state index in [1.165, 1.54) is 0 Å². The molecule has 0 aliphatic heterocycles. The molecule has 0 aromatic carbocycles. The average Bonchev–Trinajstić information content (AvgIpc) is 2.17. The normalized spacial score (nSPS) is 14.9. The van der Waals surface area contributed by atoms with E-state index >= 15 is 0 Å². The Bertz CT molecular complexity index is 154. The third kappa shape index (κ3) is 4.31. The summed E-state index contributed by atoms with van der Waals surface area (Å²) in [5.74, 6) is 2.63. The van der Waals surface area contributed by atoms with Crippen molar-refractivity contribution in [2.75, 3.05) is 13.1 Å². The van der Waals surface area contributed by atoms with Gasteiger partial charge in [0.05, 0.1) is 0 Å². The van der Waals surface area contributed by atoms with Crippen LogP contribution in [-0.4, -0.2) is 18.6 Å². The Morgan fingerprint density at radius 2 is 2.15 bits per heavy atom. The first kappa shape index (κ1) is 12.5. The minimum atomic E-state index is 0.117. The molecular weight excluding hydrogens is 160 g/mol. The molecule has 0 amide bonds. The molecule has 0 saturated heterocycles. The SMILES string of the molecule is C#CCCNC(CC)(CN)CCC. The van der Waals surface area contributed by atoms with Gasteiger partial charge in [-0.2, -0.15) is 0 Å². The number of hydrogen-bond acceptors (Lipinski definition) is 2. The molecule has 0 aromatic heterocycles. The highest BCUT2D eigenvalue weighted by atomic mass is 15.0. The second-order valence-corrected chi connectivity index (χ2v) is 3.47. The fourth-order valence-corrected chi connectivity index (χ4v) is 1.59. The van der Waals surface area contributed by atoms with Crippen molar-refractivity contribution in [1.29, 1.82) is 0 Å². The number of hydrogen-bond donors (Lipinski definition) is 2. The zero-order valence-electron chi connectivity index (χ0n) is 8.90. The molecule has 0 fully saturated rings. The first-order valence-corrected chi connectivity index (χ1v) is 5.13. The van der Waals surface area contributed by atoms with Crippen LogP contribution in [0, 0.1) is 12.3 Å². The van der Waals surface area contributed by atoms with Crippen LogP contribution in [0.4, 0.5) is 0 Å². The number of terminal acetylenes is 1. The van der Waals surface area contributed by atoms with Gasteiger partial charge in [-0.3, -0.25) is 0 Å². The van der Waals surface area contributed by atoms with Crippen LogP contribution in [0.1, 0.15) is 39.5 Å². The average molecular weight is 182 g/mol. The Balaban J connectivity index is 3.98. The number of nitrogens with two attached hydrogens (primary N) is 1. The molecule has 2 nitrogen and oxygen atoms in total. The molecule has 13 heavy (non-hydrogen) atoms. The molecule has 1 atom stereocenters. The first-order chi connectivity index (χ1) is 6.24. The third-order valence-electron chi connectivity index (χ3n) is 2.57. The lowest BCUT2D eigenvalue weighted by Crippen LogP contribution is -2.50. The lowest BCUT2D eigenvalue weighted by Gasteiger charge is -2.32. The molecule has 0 rings (SSSR count). The predicted octanol–water partition coefficient (Wildman–Crippen LogP) is 1.51. The zero-order chi connectivity index (χ0) is 10.2. The lowest BCUT2D eigenvalue weighted by molar-refractivity contribution is 0.299. The van der Waals surface area contributed by atoms with Gasteiger partial charge >= 0.3 is 0 Å². The van der Waals surface area contributed by atoms with Crippen molar-refractivity contribution in [3.05, 3.63) is 0 Å². The maximum atomic E-state index is 5.77. The molecule has 0 spiro atoms. The first-order valence-electron chi connectivity index (χ1n) is 5.13. The van der Waals surface area contributed by atoms with Crippen molar-refractivity contribution >= 4 is 0 Å². The van der Waals surface area contributed by atoms with E-state index in [1.807, 2.05) is 0 Å². The molecule has 0 saturated carbocycles. The van der Waals surface area contributed by atoms with Crippen LogP contribution < -0.4 is 11.1 Å². The molecule has 2 heteroatoms. The van der Waals surface area contributed by atoms with E-state index in [-0.39, 0.29) is 5.54 Å². The smallest absolute Gasteiger partial charge is 0.0301 e. The largest absolute Gasteiger partial charge is 0.329 e. The monoisotopic (exact) mass is 182 g/mol. The summed E-state index contributed by atoms with van der Waals surface area (Å²) in [4.78, 5) is 0. The van der Waals surface area contributed by atoms with Gasteiger partial charge in [-0.1, -0.05) is 20.3 Å². The van der Waals surface area contributed by atoms with E-state index < -0.39 is 0 Å². The standard InChI is InChI=1S/C11H22N2/c1-4-7-9-13-11(6-3,10-12)8-5-2/h1,13H,5-10,12H2,2-3H3. The minimum Gasteiger partial charge on any atom is -0.329 e. The van der Waals surface area contributed by atoms with E-state index in [9.17, 15) is 0 Å². The van der Waals surface area contributed by atoms with Gasteiger partial charge in [0, 0.05) is 25.0 Å². The van der Waals surface area contributed by atoms with E-state index in [1.54, 1.807) is 0 Å². The van der Waals surface area contributed by atoms with Crippen LogP contribution in [-0.2, 0) is 0 Å². The Labute approximate surface area is 82.3 Å². The summed E-state index contributed by atoms with van der Waals surface area (Å²) in [7, 11) is 0. The topological polar surface area (TPSA) is 38.0 Å². The van der Waals surface area contributed by atoms with Gasteiger partial charge in [0.15, 0.2) is 0 Å². The van der Waals surface area contributed by atoms with E-state index in [4.69, 9.17) is 12.2 Å². The van der Waals surface area contributed by atoms with Crippen molar-refractivity contribution in [2.45, 2.75) is 45.1 Å². The Kier molecular flexibility index (Phi) is 6.66. The van der Waals surface area contributed by atoms with Crippen LogP contribution in [0.15, 0.2) is 0 Å². The lowest BCUT2D eigenvalue weighted by atomic mass is 9.90. The molecule has 76 valence electrons. The zero-order valence-corrected chi connectivity index (χ0v) is 8.90. The van der Waals surface area contributed by atoms with Gasteiger partial charge in [0.1, 0.15) is 0 Å². The van der Waals surface area contributed by atoms with E-state index in [2.05, 4.69) is 25.1 Å². The maximum absolute atomic E-state index is 5.77. The Hall–Kier alpha value is -0.520. The Morgan fingerprint density at radius 1 is 1.46 bits per heavy atom. The van der Waals surface area contributed by atoms with E-state index in [0.717, 1.165) is 32.2 Å². The van der Waals surface area contributed by atoms with Gasteiger partial charge in [-0.15, -0.1) is 12.3 Å². The molecule has 0 radical (unpaired) electrons. The highest BCUT2D eigenvalue weighted by molar-refractivity contribution is 4.90. The molecule has 1 unspecified atom stereocenters. The molecule has 0 bridgehead atoms. The van der Waals surface area contributed by atoms with Gasteiger partial charge in [-0.05, 0) is 12.8 Å². The van der Waals surface area contributed by atoms with Crippen molar-refractivity contribution in [1.82, 2.24) is 5.32 Å². The van der Waals surface area contributed by atoms with Gasteiger partial charge < -0.3 is 11.1 Å². The van der Waals surface area contributed by atoms with Crippen molar-refractivity contribution in [2.24, 2.45) is 5.73 Å². The van der Waals surface area contributed by atoms with Crippen LogP contribution in [0.3, 0.4) is 0 Å². The summed E-state index contributed by atoms with van der Waals surface area (Å²) < 4.78 is 0. The number of nitrogens with one attached hydrogen (secondary N) is 1. The predicted molar refractivity (Wildman–Crippen MR) is 58.4 cm³/mol. The van der Waals surface area contributed by atoms with Crippen molar-refractivity contribution in [3.8, 4) is 12.3 Å². The minimum absolute atomic E-state index is 0.117. The van der Waals surface area contributed by atoms with Crippen molar-refractivity contribution < 1.29 is 0 Å². The van der Waals surface area contributed by atoms with Crippen LogP contribution in [0.25, 0.3) is 0 Å². The summed E-state index contributed by atoms with van der Waals surface area (Å²) >= 11 is 0. The van der Waals surface area contributed by atoms with Crippen molar-refractivity contribution in [3.63, 3.8) is 0 Å². The molecule has 0 heterocycles. The highest BCUT2D eigenvalue weighted by Gasteiger charge is 2.23. The van der Waals surface area contributed by atoms with Gasteiger partial charge in [0.25, 0.3) is 0 Å². The number of rotatable bonds is 7. The summed E-state index contributed by atoms with van der Waals surface area (Å²) in [6.07, 6.45) is 9.34. The second-order valence-electron chi connectivity index (χ2n) is 3.47. The van der Waals surface area contributed by atoms with Crippen LogP contribution >= 0.6 is 0 Å². The summed E-state index contributed by atoms with van der Waals surface area (Å²) in [5, 5.41) is 3.47. The Morgan fingerprint density at radius 3 is 2.54 bits per heavy atom. The molecule has 0 aromatic rings. The molecule has 0 aliphatic rings. The van der Waals surface area contributed by atoms with Gasteiger partial charge in [-0.25, -0.2) is 0 Å². The maximum Gasteiger partial charge on any atom is 0.0301 e. The summed E-state index contributed by atoms with van der Waals surface area (Å²) in [5.41, 5.74) is 5.89. The van der Waals surface area contributed by atoms with Crippen LogP contribution in [0.5, 0.6) is 0 Å². The fraction of sp³-hybridized carbons (Fsp3) is 0.818. The summed E-state index contributed by atoms with van der Waals surface area (Å²) in [6, 6.07) is 0. The third-order valence-corrected chi connectivity index (χ3v) is 2.57. The highest BCUT2D eigenvalue weighted by Crippen LogP contribution is 2.15. The fourth-order valence-electron chi connectivity index (χ4n) is 1.59. The molecule has 0 aliphatic carbocycles.